The highest BCUT2D eigenvalue weighted by Crippen LogP contribution is 2.89. The van der Waals surface area contributed by atoms with Crippen LogP contribution in [0.3, 0.4) is 0 Å². The van der Waals surface area contributed by atoms with E-state index in [1.54, 1.807) is 12.2 Å². The zero-order valence-electron chi connectivity index (χ0n) is 12.2. The lowest BCUT2D eigenvalue weighted by Crippen LogP contribution is -2.80. The summed E-state index contributed by atoms with van der Waals surface area (Å²) >= 11 is 0. The van der Waals surface area contributed by atoms with E-state index >= 15 is 0 Å². The van der Waals surface area contributed by atoms with Crippen molar-refractivity contribution in [1.29, 1.82) is 0 Å². The standard InChI is InChI=1S/C17H20O2/c1-8-9(2)16(4)13-11(19)7-6-10(18)12-15(8,3)14(16)17(12,13)5/h6-7,12-14H,1-5H3. The maximum absolute atomic E-state index is 12.5. The van der Waals surface area contributed by atoms with Crippen molar-refractivity contribution < 1.29 is 9.59 Å². The Morgan fingerprint density at radius 1 is 0.842 bits per heavy atom. The van der Waals surface area contributed by atoms with Gasteiger partial charge in [-0.1, -0.05) is 31.9 Å². The molecule has 4 rings (SSSR count). The number of rotatable bonds is 0. The van der Waals surface area contributed by atoms with Gasteiger partial charge in [0.05, 0.1) is 0 Å². The molecular formula is C17H20O2. The summed E-state index contributed by atoms with van der Waals surface area (Å²) in [5.41, 5.74) is 2.58. The SMILES string of the molecule is CC1=C(C)C2(C)C3C(=O)C=CC(=O)C4C1(C)C2C43C. The molecule has 0 amide bonds. The van der Waals surface area contributed by atoms with Gasteiger partial charge in [-0.25, -0.2) is 0 Å². The second kappa shape index (κ2) is 2.65. The highest BCUT2D eigenvalue weighted by atomic mass is 16.1. The maximum Gasteiger partial charge on any atom is 0.160 e. The fourth-order valence-electron chi connectivity index (χ4n) is 7.08. The molecule has 2 saturated carbocycles. The average molecular weight is 256 g/mol. The second-order valence-electron chi connectivity index (χ2n) is 7.62. The largest absolute Gasteiger partial charge is 0.294 e. The van der Waals surface area contributed by atoms with Crippen LogP contribution in [-0.4, -0.2) is 11.6 Å². The van der Waals surface area contributed by atoms with Gasteiger partial charge in [0.2, 0.25) is 0 Å². The van der Waals surface area contributed by atoms with Crippen LogP contribution < -0.4 is 0 Å². The smallest absolute Gasteiger partial charge is 0.160 e. The molecule has 4 aliphatic rings. The van der Waals surface area contributed by atoms with Crippen LogP contribution in [0.15, 0.2) is 23.3 Å². The molecule has 0 aromatic carbocycles. The molecule has 0 aliphatic heterocycles. The van der Waals surface area contributed by atoms with Gasteiger partial charge in [0.15, 0.2) is 11.6 Å². The van der Waals surface area contributed by atoms with Gasteiger partial charge in [-0.3, -0.25) is 9.59 Å². The van der Waals surface area contributed by atoms with Gasteiger partial charge in [0, 0.05) is 22.7 Å². The Morgan fingerprint density at radius 2 is 1.21 bits per heavy atom. The normalized spacial score (nSPS) is 57.6. The Kier molecular flexibility index (Phi) is 1.63. The Hall–Kier alpha value is -1.18. The monoisotopic (exact) mass is 256 g/mol. The first-order valence-electron chi connectivity index (χ1n) is 7.17. The molecule has 0 aromatic rings. The zero-order chi connectivity index (χ0) is 14.0. The molecular weight excluding hydrogens is 236 g/mol. The number of ketones is 2. The summed E-state index contributed by atoms with van der Waals surface area (Å²) in [5, 5.41) is 0. The molecule has 4 aliphatic carbocycles. The lowest BCUT2D eigenvalue weighted by Gasteiger charge is -2.79. The number of hydrogen-bond acceptors (Lipinski definition) is 2. The molecule has 2 heteroatoms. The number of fused-ring (bicyclic) bond motifs is 2. The molecule has 0 bridgehead atoms. The van der Waals surface area contributed by atoms with Crippen molar-refractivity contribution in [3.63, 3.8) is 0 Å². The lowest BCUT2D eigenvalue weighted by atomic mass is 9.22. The summed E-state index contributed by atoms with van der Waals surface area (Å²) in [7, 11) is 0. The summed E-state index contributed by atoms with van der Waals surface area (Å²) in [6.07, 6.45) is 3.08. The predicted octanol–water partition coefficient (Wildman–Crippen LogP) is 2.94. The van der Waals surface area contributed by atoms with Crippen molar-refractivity contribution in [3.8, 4) is 0 Å². The topological polar surface area (TPSA) is 34.1 Å². The maximum atomic E-state index is 12.5. The molecule has 2 fully saturated rings. The van der Waals surface area contributed by atoms with E-state index < -0.39 is 0 Å². The van der Waals surface area contributed by atoms with Gasteiger partial charge >= 0.3 is 0 Å². The first kappa shape index (κ1) is 11.6. The summed E-state index contributed by atoms with van der Waals surface area (Å²) < 4.78 is 0. The third-order valence-electron chi connectivity index (χ3n) is 7.42. The van der Waals surface area contributed by atoms with Crippen molar-refractivity contribution in [2.45, 2.75) is 34.6 Å². The summed E-state index contributed by atoms with van der Waals surface area (Å²) in [4.78, 5) is 25.0. The van der Waals surface area contributed by atoms with Crippen molar-refractivity contribution >= 4 is 11.6 Å². The zero-order valence-corrected chi connectivity index (χ0v) is 12.2. The molecule has 100 valence electrons. The highest BCUT2D eigenvalue weighted by Gasteiger charge is 2.88. The van der Waals surface area contributed by atoms with Crippen molar-refractivity contribution in [2.24, 2.45) is 34.0 Å². The molecule has 4 atom stereocenters. The van der Waals surface area contributed by atoms with E-state index in [0.717, 1.165) is 0 Å². The van der Waals surface area contributed by atoms with Crippen molar-refractivity contribution in [1.82, 2.24) is 0 Å². The van der Waals surface area contributed by atoms with Crippen LogP contribution >= 0.6 is 0 Å². The van der Waals surface area contributed by atoms with Crippen LogP contribution in [0.2, 0.25) is 0 Å². The number of carbonyl (C=O) groups is 2. The fourth-order valence-corrected chi connectivity index (χ4v) is 7.08. The van der Waals surface area contributed by atoms with E-state index in [0.29, 0.717) is 5.92 Å². The molecule has 4 unspecified atom stereocenters. The van der Waals surface area contributed by atoms with Crippen molar-refractivity contribution in [3.05, 3.63) is 23.3 Å². The van der Waals surface area contributed by atoms with E-state index in [1.165, 1.54) is 11.1 Å². The molecule has 0 heterocycles. The Balaban J connectivity index is 2.05. The van der Waals surface area contributed by atoms with Gasteiger partial charge in [-0.05, 0) is 37.3 Å². The van der Waals surface area contributed by atoms with Crippen LogP contribution in [0.1, 0.15) is 34.6 Å². The molecule has 0 radical (unpaired) electrons. The Bertz CT molecular complexity index is 575. The van der Waals surface area contributed by atoms with Crippen LogP contribution in [-0.2, 0) is 9.59 Å². The Morgan fingerprint density at radius 3 is 1.58 bits per heavy atom. The number of hydrogen-bond donors (Lipinski definition) is 0. The first-order chi connectivity index (χ1) is 8.72. The molecule has 0 spiro atoms. The minimum atomic E-state index is -0.111. The molecule has 0 saturated heterocycles. The summed E-state index contributed by atoms with van der Waals surface area (Å²) in [6.45, 7) is 11.0. The van der Waals surface area contributed by atoms with E-state index in [-0.39, 0.29) is 39.6 Å². The summed E-state index contributed by atoms with van der Waals surface area (Å²) in [6, 6.07) is 0. The van der Waals surface area contributed by atoms with E-state index in [2.05, 4.69) is 34.6 Å². The van der Waals surface area contributed by atoms with Crippen molar-refractivity contribution in [2.75, 3.05) is 0 Å². The molecule has 0 N–H and O–H groups in total. The molecule has 0 aromatic heterocycles. The number of carbonyl (C=O) groups excluding carboxylic acids is 2. The van der Waals surface area contributed by atoms with Crippen LogP contribution in [0.5, 0.6) is 0 Å². The quantitative estimate of drug-likeness (QED) is 0.624. The van der Waals surface area contributed by atoms with Crippen LogP contribution in [0, 0.1) is 34.0 Å². The lowest BCUT2D eigenvalue weighted by molar-refractivity contribution is -0.302. The fraction of sp³-hybridized carbons (Fsp3) is 0.647. The van der Waals surface area contributed by atoms with Gasteiger partial charge in [-0.2, -0.15) is 0 Å². The summed E-state index contributed by atoms with van der Waals surface area (Å²) in [5.74, 6) is 0.795. The Labute approximate surface area is 113 Å². The van der Waals surface area contributed by atoms with Gasteiger partial charge < -0.3 is 0 Å². The van der Waals surface area contributed by atoms with Crippen LogP contribution in [0.25, 0.3) is 0 Å². The third-order valence-corrected chi connectivity index (χ3v) is 7.42. The van der Waals surface area contributed by atoms with Crippen LogP contribution in [0.4, 0.5) is 0 Å². The predicted molar refractivity (Wildman–Crippen MR) is 72.3 cm³/mol. The minimum Gasteiger partial charge on any atom is -0.294 e. The van der Waals surface area contributed by atoms with Gasteiger partial charge in [0.1, 0.15) is 0 Å². The average Bonchev–Trinajstić information content (AvgIpc) is 2.35. The highest BCUT2D eigenvalue weighted by molar-refractivity contribution is 6.07. The van der Waals surface area contributed by atoms with E-state index in [4.69, 9.17) is 0 Å². The first-order valence-corrected chi connectivity index (χ1v) is 7.17. The minimum absolute atomic E-state index is 0.00299. The molecule has 19 heavy (non-hydrogen) atoms. The third kappa shape index (κ3) is 0.758. The van der Waals surface area contributed by atoms with E-state index in [1.807, 2.05) is 0 Å². The van der Waals surface area contributed by atoms with Gasteiger partial charge in [-0.15, -0.1) is 0 Å². The van der Waals surface area contributed by atoms with E-state index in [9.17, 15) is 9.59 Å². The molecule has 2 nitrogen and oxygen atoms in total. The number of allylic oxidation sites excluding steroid dienone is 4. The van der Waals surface area contributed by atoms with Gasteiger partial charge in [0.25, 0.3) is 0 Å². The second-order valence-corrected chi connectivity index (χ2v) is 7.62.